The van der Waals surface area contributed by atoms with E-state index in [1.54, 1.807) is 7.11 Å². The van der Waals surface area contributed by atoms with Gasteiger partial charge in [0, 0.05) is 32.3 Å². The third-order valence-electron chi connectivity index (χ3n) is 3.97. The van der Waals surface area contributed by atoms with Gasteiger partial charge in [-0.1, -0.05) is 0 Å². The number of likely N-dealkylation sites (N-methyl/N-ethyl adjacent to an activating group) is 1. The number of amides is 1. The zero-order valence-corrected chi connectivity index (χ0v) is 12.6. The summed E-state index contributed by atoms with van der Waals surface area (Å²) in [6.45, 7) is 1.90. The molecule has 0 spiro atoms. The van der Waals surface area contributed by atoms with E-state index in [9.17, 15) is 4.79 Å². The van der Waals surface area contributed by atoms with Gasteiger partial charge in [0.2, 0.25) is 5.91 Å². The molecule has 0 aromatic carbocycles. The van der Waals surface area contributed by atoms with Crippen LogP contribution in [0.1, 0.15) is 32.1 Å². The molecule has 5 heteroatoms. The summed E-state index contributed by atoms with van der Waals surface area (Å²) in [5.41, 5.74) is 0. The highest BCUT2D eigenvalue weighted by Crippen LogP contribution is 2.21. The lowest BCUT2D eigenvalue weighted by molar-refractivity contribution is -0.122. The van der Waals surface area contributed by atoms with Crippen LogP contribution in [0.3, 0.4) is 0 Å². The molecule has 112 valence electrons. The Morgan fingerprint density at radius 1 is 1.32 bits per heavy atom. The number of carbonyl (C=O) groups excluding carboxylic acids is 1. The van der Waals surface area contributed by atoms with Crippen LogP contribution in [0.5, 0.6) is 0 Å². The minimum Gasteiger partial charge on any atom is -0.385 e. The van der Waals surface area contributed by atoms with Crippen molar-refractivity contribution in [2.75, 3.05) is 40.9 Å². The quantitative estimate of drug-likeness (QED) is 0.635. The molecule has 0 atom stereocenters. The molecular formula is C14H29N3O2. The fourth-order valence-electron chi connectivity index (χ4n) is 2.66. The largest absolute Gasteiger partial charge is 0.385 e. The van der Waals surface area contributed by atoms with Gasteiger partial charge in [0.25, 0.3) is 0 Å². The number of nitrogens with one attached hydrogen (secondary N) is 2. The van der Waals surface area contributed by atoms with E-state index >= 15 is 0 Å². The van der Waals surface area contributed by atoms with E-state index < -0.39 is 0 Å². The van der Waals surface area contributed by atoms with Crippen molar-refractivity contribution in [3.8, 4) is 0 Å². The van der Waals surface area contributed by atoms with E-state index in [0.29, 0.717) is 31.8 Å². The van der Waals surface area contributed by atoms with Crippen molar-refractivity contribution in [3.63, 3.8) is 0 Å². The molecule has 0 aromatic rings. The first-order chi connectivity index (χ1) is 9.17. The van der Waals surface area contributed by atoms with Crippen molar-refractivity contribution < 1.29 is 9.53 Å². The van der Waals surface area contributed by atoms with Gasteiger partial charge in [0.05, 0.1) is 6.54 Å². The lowest BCUT2D eigenvalue weighted by Gasteiger charge is -2.34. The zero-order chi connectivity index (χ0) is 14.1. The summed E-state index contributed by atoms with van der Waals surface area (Å²) in [6, 6.07) is 1.21. The lowest BCUT2D eigenvalue weighted by Crippen LogP contribution is -2.44. The van der Waals surface area contributed by atoms with Gasteiger partial charge in [-0.25, -0.2) is 0 Å². The van der Waals surface area contributed by atoms with E-state index in [1.807, 2.05) is 7.05 Å². The monoisotopic (exact) mass is 271 g/mol. The summed E-state index contributed by atoms with van der Waals surface area (Å²) in [7, 11) is 5.76. The van der Waals surface area contributed by atoms with Crippen LogP contribution in [0.2, 0.25) is 0 Å². The Kier molecular flexibility index (Phi) is 8.02. The van der Waals surface area contributed by atoms with Gasteiger partial charge in [-0.05, 0) is 46.2 Å². The molecule has 1 saturated carbocycles. The van der Waals surface area contributed by atoms with Crippen LogP contribution in [-0.2, 0) is 9.53 Å². The average molecular weight is 271 g/mol. The highest BCUT2D eigenvalue weighted by atomic mass is 16.5. The van der Waals surface area contributed by atoms with Crippen LogP contribution in [0, 0.1) is 0 Å². The number of nitrogens with zero attached hydrogens (tertiary/aromatic N) is 1. The van der Waals surface area contributed by atoms with Crippen LogP contribution < -0.4 is 10.6 Å². The maximum atomic E-state index is 11.8. The maximum Gasteiger partial charge on any atom is 0.234 e. The Bertz CT molecular complexity index is 253. The van der Waals surface area contributed by atoms with Crippen molar-refractivity contribution in [2.45, 2.75) is 44.2 Å². The highest BCUT2D eigenvalue weighted by molar-refractivity contribution is 5.77. The van der Waals surface area contributed by atoms with E-state index in [2.05, 4.69) is 22.6 Å². The Balaban J connectivity index is 2.16. The molecule has 1 rings (SSSR count). The Hall–Kier alpha value is -0.650. The first kappa shape index (κ1) is 16.4. The number of carbonyl (C=O) groups is 1. The third kappa shape index (κ3) is 6.36. The van der Waals surface area contributed by atoms with Gasteiger partial charge < -0.3 is 15.4 Å². The number of rotatable bonds is 8. The lowest BCUT2D eigenvalue weighted by atomic mass is 9.90. The maximum absolute atomic E-state index is 11.8. The molecule has 1 aliphatic carbocycles. The number of hydrogen-bond acceptors (Lipinski definition) is 4. The second kappa shape index (κ2) is 9.28. The molecule has 0 radical (unpaired) electrons. The van der Waals surface area contributed by atoms with Gasteiger partial charge in [-0.15, -0.1) is 0 Å². The molecular weight excluding hydrogens is 242 g/mol. The van der Waals surface area contributed by atoms with Gasteiger partial charge in [-0.3, -0.25) is 9.69 Å². The van der Waals surface area contributed by atoms with Gasteiger partial charge >= 0.3 is 0 Å². The average Bonchev–Trinajstić information content (AvgIpc) is 2.43. The predicted octanol–water partition coefficient (Wildman–Crippen LogP) is 0.602. The third-order valence-corrected chi connectivity index (χ3v) is 3.97. The highest BCUT2D eigenvalue weighted by Gasteiger charge is 2.23. The summed E-state index contributed by atoms with van der Waals surface area (Å²) in [6.07, 6.45) is 5.65. The van der Waals surface area contributed by atoms with Gasteiger partial charge in [0.1, 0.15) is 0 Å². The van der Waals surface area contributed by atoms with Crippen molar-refractivity contribution in [1.82, 2.24) is 15.5 Å². The predicted molar refractivity (Wildman–Crippen MR) is 77.2 cm³/mol. The fourth-order valence-corrected chi connectivity index (χ4v) is 2.66. The normalized spacial score (nSPS) is 23.6. The molecule has 0 heterocycles. The molecule has 0 aromatic heterocycles. The molecule has 1 amide bonds. The second-order valence-corrected chi connectivity index (χ2v) is 5.41. The number of hydrogen-bond donors (Lipinski definition) is 2. The Morgan fingerprint density at radius 3 is 2.58 bits per heavy atom. The van der Waals surface area contributed by atoms with Crippen LogP contribution in [0.4, 0.5) is 0 Å². The van der Waals surface area contributed by atoms with Crippen molar-refractivity contribution in [3.05, 3.63) is 0 Å². The smallest absolute Gasteiger partial charge is 0.234 e. The molecule has 0 bridgehead atoms. The molecule has 1 fully saturated rings. The fraction of sp³-hybridized carbons (Fsp3) is 0.929. The summed E-state index contributed by atoms with van der Waals surface area (Å²) in [5, 5.41) is 6.27. The molecule has 0 unspecified atom stereocenters. The Morgan fingerprint density at radius 2 is 2.00 bits per heavy atom. The number of methoxy groups -OCH3 is 1. The molecule has 2 N–H and O–H groups in total. The van der Waals surface area contributed by atoms with E-state index in [0.717, 1.165) is 6.42 Å². The summed E-state index contributed by atoms with van der Waals surface area (Å²) >= 11 is 0. The molecule has 1 aliphatic rings. The van der Waals surface area contributed by atoms with Crippen LogP contribution in [-0.4, -0.2) is 63.8 Å². The summed E-state index contributed by atoms with van der Waals surface area (Å²) in [5.74, 6) is 0.120. The summed E-state index contributed by atoms with van der Waals surface area (Å²) < 4.78 is 4.95. The minimum absolute atomic E-state index is 0.120. The van der Waals surface area contributed by atoms with E-state index in [4.69, 9.17) is 4.74 Å². The molecule has 0 saturated heterocycles. The standard InChI is InChI=1S/C14H29N3O2/c1-15-12-5-7-13(8-6-12)17(2)11-14(18)16-9-4-10-19-3/h12-13,15H,4-11H2,1-3H3,(H,16,18). The molecule has 0 aliphatic heterocycles. The van der Waals surface area contributed by atoms with Gasteiger partial charge in [-0.2, -0.15) is 0 Å². The van der Waals surface area contributed by atoms with Gasteiger partial charge in [0.15, 0.2) is 0 Å². The molecule has 5 nitrogen and oxygen atoms in total. The number of ether oxygens (including phenoxy) is 1. The van der Waals surface area contributed by atoms with Crippen LogP contribution >= 0.6 is 0 Å². The minimum atomic E-state index is 0.120. The van der Waals surface area contributed by atoms with E-state index in [-0.39, 0.29) is 5.91 Å². The van der Waals surface area contributed by atoms with Crippen LogP contribution in [0.15, 0.2) is 0 Å². The second-order valence-electron chi connectivity index (χ2n) is 5.41. The Labute approximate surface area is 117 Å². The van der Waals surface area contributed by atoms with Crippen LogP contribution in [0.25, 0.3) is 0 Å². The zero-order valence-electron chi connectivity index (χ0n) is 12.6. The first-order valence-corrected chi connectivity index (χ1v) is 7.30. The molecule has 19 heavy (non-hydrogen) atoms. The van der Waals surface area contributed by atoms with Crippen molar-refractivity contribution in [1.29, 1.82) is 0 Å². The van der Waals surface area contributed by atoms with Crippen molar-refractivity contribution in [2.24, 2.45) is 0 Å². The van der Waals surface area contributed by atoms with Crippen molar-refractivity contribution >= 4 is 5.91 Å². The SMILES string of the molecule is CNC1CCC(N(C)CC(=O)NCCCOC)CC1. The first-order valence-electron chi connectivity index (χ1n) is 7.30. The topological polar surface area (TPSA) is 53.6 Å². The van der Waals surface area contributed by atoms with E-state index in [1.165, 1.54) is 25.7 Å². The summed E-state index contributed by atoms with van der Waals surface area (Å²) in [4.78, 5) is 14.0.